The minimum atomic E-state index is -0.461. The fraction of sp³-hybridized carbons (Fsp3) is 0.846. The van der Waals surface area contributed by atoms with Crippen LogP contribution in [0, 0.1) is 0 Å². The molecule has 19 heavy (non-hydrogen) atoms. The van der Waals surface area contributed by atoms with Crippen molar-refractivity contribution in [3.63, 3.8) is 0 Å². The molecule has 1 fully saturated rings. The monoisotopic (exact) mass is 287 g/mol. The topological polar surface area (TPSA) is 75.4 Å². The SMILES string of the molecule is CSCC[C@@H](N)C(=O)NCCC(=O)N1CCCCC1. The summed E-state index contributed by atoms with van der Waals surface area (Å²) in [6, 6.07) is -0.461. The number of thioether (sulfide) groups is 1. The Kier molecular flexibility index (Phi) is 7.90. The quantitative estimate of drug-likeness (QED) is 0.718. The minimum absolute atomic E-state index is 0.137. The predicted octanol–water partition coefficient (Wildman–Crippen LogP) is 0.586. The maximum Gasteiger partial charge on any atom is 0.236 e. The summed E-state index contributed by atoms with van der Waals surface area (Å²) in [5, 5.41) is 2.74. The Balaban J connectivity index is 2.14. The smallest absolute Gasteiger partial charge is 0.236 e. The molecule has 0 aromatic heterocycles. The maximum atomic E-state index is 11.9. The van der Waals surface area contributed by atoms with Gasteiger partial charge in [0.15, 0.2) is 0 Å². The van der Waals surface area contributed by atoms with Crippen LogP contribution in [0.1, 0.15) is 32.1 Å². The number of rotatable bonds is 7. The van der Waals surface area contributed by atoms with Crippen molar-refractivity contribution in [1.82, 2.24) is 10.2 Å². The molecule has 2 amide bonds. The summed E-state index contributed by atoms with van der Waals surface area (Å²) in [7, 11) is 0. The predicted molar refractivity (Wildman–Crippen MR) is 79.0 cm³/mol. The Hall–Kier alpha value is -0.750. The fourth-order valence-corrected chi connectivity index (χ4v) is 2.59. The first-order valence-corrected chi connectivity index (χ1v) is 8.34. The van der Waals surface area contributed by atoms with Crippen LogP contribution in [0.25, 0.3) is 0 Å². The zero-order valence-electron chi connectivity index (χ0n) is 11.7. The van der Waals surface area contributed by atoms with Gasteiger partial charge in [-0.15, -0.1) is 0 Å². The van der Waals surface area contributed by atoms with Crippen LogP contribution in [0.5, 0.6) is 0 Å². The van der Waals surface area contributed by atoms with Gasteiger partial charge >= 0.3 is 0 Å². The summed E-state index contributed by atoms with van der Waals surface area (Å²) in [5.74, 6) is 0.861. The number of carbonyl (C=O) groups is 2. The molecule has 1 atom stereocenters. The molecule has 0 saturated carbocycles. The highest BCUT2D eigenvalue weighted by Gasteiger charge is 2.17. The van der Waals surface area contributed by atoms with E-state index in [1.807, 2.05) is 11.2 Å². The molecule has 0 radical (unpaired) electrons. The van der Waals surface area contributed by atoms with Gasteiger partial charge in [-0.05, 0) is 37.7 Å². The second-order valence-electron chi connectivity index (χ2n) is 4.87. The van der Waals surface area contributed by atoms with Crippen molar-refractivity contribution >= 4 is 23.6 Å². The Labute approximate surface area is 119 Å². The molecule has 0 unspecified atom stereocenters. The van der Waals surface area contributed by atoms with E-state index in [0.717, 1.165) is 31.7 Å². The second-order valence-corrected chi connectivity index (χ2v) is 5.86. The standard InChI is InChI=1S/C13H25N3O2S/c1-19-10-6-11(14)13(18)15-7-5-12(17)16-8-3-2-4-9-16/h11H,2-10,14H2,1H3,(H,15,18)/t11-/m1/s1. The van der Waals surface area contributed by atoms with E-state index in [-0.39, 0.29) is 11.8 Å². The van der Waals surface area contributed by atoms with Crippen molar-refractivity contribution in [2.24, 2.45) is 5.73 Å². The first kappa shape index (κ1) is 16.3. The number of nitrogens with one attached hydrogen (secondary N) is 1. The number of carbonyl (C=O) groups excluding carboxylic acids is 2. The molecule has 5 nitrogen and oxygen atoms in total. The Bertz CT molecular complexity index is 294. The van der Waals surface area contributed by atoms with Crippen LogP contribution >= 0.6 is 11.8 Å². The van der Waals surface area contributed by atoms with Gasteiger partial charge in [-0.2, -0.15) is 11.8 Å². The normalized spacial score (nSPS) is 17.1. The number of likely N-dealkylation sites (tertiary alicyclic amines) is 1. The Morgan fingerprint density at radius 2 is 2.00 bits per heavy atom. The highest BCUT2D eigenvalue weighted by Crippen LogP contribution is 2.09. The van der Waals surface area contributed by atoms with E-state index in [2.05, 4.69) is 5.32 Å². The molecule has 0 bridgehead atoms. The summed E-state index contributed by atoms with van der Waals surface area (Å²) >= 11 is 1.67. The van der Waals surface area contributed by atoms with Crippen LogP contribution in [-0.2, 0) is 9.59 Å². The van der Waals surface area contributed by atoms with Crippen molar-refractivity contribution in [1.29, 1.82) is 0 Å². The van der Waals surface area contributed by atoms with Gasteiger partial charge in [-0.3, -0.25) is 9.59 Å². The summed E-state index contributed by atoms with van der Waals surface area (Å²) in [6.07, 6.45) is 6.44. The van der Waals surface area contributed by atoms with Crippen molar-refractivity contribution < 1.29 is 9.59 Å². The van der Waals surface area contributed by atoms with Crippen LogP contribution in [0.2, 0.25) is 0 Å². The molecular formula is C13H25N3O2S. The average Bonchev–Trinajstić information content (AvgIpc) is 2.45. The molecule has 0 aliphatic carbocycles. The average molecular weight is 287 g/mol. The van der Waals surface area contributed by atoms with E-state index in [1.54, 1.807) is 11.8 Å². The van der Waals surface area contributed by atoms with Gasteiger partial charge in [0.25, 0.3) is 0 Å². The van der Waals surface area contributed by atoms with E-state index in [4.69, 9.17) is 5.73 Å². The van der Waals surface area contributed by atoms with E-state index in [1.165, 1.54) is 6.42 Å². The number of nitrogens with two attached hydrogens (primary N) is 1. The van der Waals surface area contributed by atoms with Gasteiger partial charge < -0.3 is 16.0 Å². The lowest BCUT2D eigenvalue weighted by atomic mass is 10.1. The second kappa shape index (κ2) is 9.20. The molecule has 0 aromatic rings. The molecule has 110 valence electrons. The molecule has 1 rings (SSSR count). The lowest BCUT2D eigenvalue weighted by Gasteiger charge is -2.26. The fourth-order valence-electron chi connectivity index (χ4n) is 2.10. The third-order valence-electron chi connectivity index (χ3n) is 3.32. The van der Waals surface area contributed by atoms with E-state index in [9.17, 15) is 9.59 Å². The Morgan fingerprint density at radius 3 is 2.63 bits per heavy atom. The molecule has 1 saturated heterocycles. The minimum Gasteiger partial charge on any atom is -0.354 e. The molecule has 0 aromatic carbocycles. The van der Waals surface area contributed by atoms with E-state index in [0.29, 0.717) is 19.4 Å². The largest absolute Gasteiger partial charge is 0.354 e. The third-order valence-corrected chi connectivity index (χ3v) is 3.96. The van der Waals surface area contributed by atoms with Crippen molar-refractivity contribution in [3.8, 4) is 0 Å². The number of amides is 2. The van der Waals surface area contributed by atoms with Crippen LogP contribution in [-0.4, -0.2) is 54.4 Å². The zero-order chi connectivity index (χ0) is 14.1. The number of nitrogens with zero attached hydrogens (tertiary/aromatic N) is 1. The molecular weight excluding hydrogens is 262 g/mol. The zero-order valence-corrected chi connectivity index (χ0v) is 12.5. The molecule has 1 aliphatic heterocycles. The van der Waals surface area contributed by atoms with Crippen molar-refractivity contribution in [2.45, 2.75) is 38.1 Å². The van der Waals surface area contributed by atoms with E-state index >= 15 is 0 Å². The maximum absolute atomic E-state index is 11.9. The van der Waals surface area contributed by atoms with Crippen molar-refractivity contribution in [3.05, 3.63) is 0 Å². The molecule has 1 heterocycles. The first-order chi connectivity index (χ1) is 9.15. The lowest BCUT2D eigenvalue weighted by molar-refractivity contribution is -0.132. The van der Waals surface area contributed by atoms with Gasteiger partial charge in [0.1, 0.15) is 0 Å². The van der Waals surface area contributed by atoms with Gasteiger partial charge in [-0.25, -0.2) is 0 Å². The van der Waals surface area contributed by atoms with Crippen LogP contribution < -0.4 is 11.1 Å². The van der Waals surface area contributed by atoms with Crippen molar-refractivity contribution in [2.75, 3.05) is 31.6 Å². The van der Waals surface area contributed by atoms with Gasteiger partial charge in [0, 0.05) is 26.1 Å². The first-order valence-electron chi connectivity index (χ1n) is 6.95. The van der Waals surface area contributed by atoms with Gasteiger partial charge in [0.05, 0.1) is 6.04 Å². The third kappa shape index (κ3) is 6.29. The molecule has 1 aliphatic rings. The van der Waals surface area contributed by atoms with Crippen LogP contribution in [0.3, 0.4) is 0 Å². The summed E-state index contributed by atoms with van der Waals surface area (Å²) in [5.41, 5.74) is 5.74. The summed E-state index contributed by atoms with van der Waals surface area (Å²) < 4.78 is 0. The van der Waals surface area contributed by atoms with Crippen LogP contribution in [0.15, 0.2) is 0 Å². The highest BCUT2D eigenvalue weighted by molar-refractivity contribution is 7.98. The van der Waals surface area contributed by atoms with Gasteiger partial charge in [0.2, 0.25) is 11.8 Å². The van der Waals surface area contributed by atoms with Crippen LogP contribution in [0.4, 0.5) is 0 Å². The highest BCUT2D eigenvalue weighted by atomic mass is 32.2. The molecule has 3 N–H and O–H groups in total. The Morgan fingerprint density at radius 1 is 1.32 bits per heavy atom. The number of hydrogen-bond acceptors (Lipinski definition) is 4. The van der Waals surface area contributed by atoms with E-state index < -0.39 is 6.04 Å². The van der Waals surface area contributed by atoms with Gasteiger partial charge in [-0.1, -0.05) is 0 Å². The number of hydrogen-bond donors (Lipinski definition) is 2. The molecule has 6 heteroatoms. The summed E-state index contributed by atoms with van der Waals surface area (Å²) in [6.45, 7) is 2.11. The number of piperidine rings is 1. The lowest BCUT2D eigenvalue weighted by Crippen LogP contribution is -2.43. The summed E-state index contributed by atoms with van der Waals surface area (Å²) in [4.78, 5) is 25.4. The molecule has 0 spiro atoms.